The molecule has 10 heteroatoms. The molecule has 172 valence electrons. The minimum Gasteiger partial charge on any atom is -0.466 e. The molecule has 9 nitrogen and oxygen atoms in total. The lowest BCUT2D eigenvalue weighted by molar-refractivity contribution is -0.135. The number of thioether (sulfide) groups is 1. The molecule has 0 N–H and O–H groups in total. The highest BCUT2D eigenvalue weighted by molar-refractivity contribution is 8.18. The third-order valence-electron chi connectivity index (χ3n) is 4.90. The number of hydrogen-bond acceptors (Lipinski definition) is 9. The highest BCUT2D eigenvalue weighted by Crippen LogP contribution is 2.33. The standard InChI is InChI=1S/C22H27N3O6S/c1-3-31-21(28)16-5-7-17(8-6-16)23-22-25(10-4-9-24-11-13-30-14-12-24)20(27)18(32-22)15-19(26)29-2/h5-8,15H,3-4,9-14H2,1-2H3. The number of hydrogen-bond donors (Lipinski definition) is 0. The molecule has 0 atom stereocenters. The third-order valence-corrected chi connectivity index (χ3v) is 5.91. The number of esters is 2. The number of nitrogens with zero attached hydrogens (tertiary/aromatic N) is 3. The topological polar surface area (TPSA) is 97.7 Å². The van der Waals surface area contributed by atoms with Crippen molar-refractivity contribution in [3.8, 4) is 0 Å². The Hall–Kier alpha value is -2.69. The number of aliphatic imine (C=N–C) groups is 1. The van der Waals surface area contributed by atoms with E-state index in [-0.39, 0.29) is 10.8 Å². The molecule has 0 radical (unpaired) electrons. The van der Waals surface area contributed by atoms with E-state index in [1.54, 1.807) is 36.1 Å². The first-order valence-corrected chi connectivity index (χ1v) is 11.3. The molecule has 2 saturated heterocycles. The molecule has 32 heavy (non-hydrogen) atoms. The van der Waals surface area contributed by atoms with Gasteiger partial charge in [0.05, 0.1) is 43.1 Å². The van der Waals surface area contributed by atoms with Crippen molar-refractivity contribution in [2.24, 2.45) is 4.99 Å². The van der Waals surface area contributed by atoms with E-state index in [2.05, 4.69) is 14.6 Å². The Balaban J connectivity index is 1.74. The Bertz CT molecular complexity index is 893. The zero-order chi connectivity index (χ0) is 22.9. The minimum atomic E-state index is -0.589. The van der Waals surface area contributed by atoms with Crippen molar-refractivity contribution in [2.45, 2.75) is 13.3 Å². The van der Waals surface area contributed by atoms with Crippen molar-refractivity contribution < 1.29 is 28.6 Å². The van der Waals surface area contributed by atoms with E-state index in [0.717, 1.165) is 51.0 Å². The first-order valence-electron chi connectivity index (χ1n) is 10.5. The van der Waals surface area contributed by atoms with Gasteiger partial charge in [0.1, 0.15) is 0 Å². The minimum absolute atomic E-state index is 0.269. The fourth-order valence-corrected chi connectivity index (χ4v) is 4.21. The molecule has 0 aliphatic carbocycles. The molecule has 0 spiro atoms. The summed E-state index contributed by atoms with van der Waals surface area (Å²) in [6.07, 6.45) is 1.95. The third kappa shape index (κ3) is 6.41. The summed E-state index contributed by atoms with van der Waals surface area (Å²) in [5.74, 6) is -1.26. The van der Waals surface area contributed by atoms with Crippen LogP contribution in [0.15, 0.2) is 40.2 Å². The molecule has 0 bridgehead atoms. The van der Waals surface area contributed by atoms with Gasteiger partial charge in [0.25, 0.3) is 5.91 Å². The predicted octanol–water partition coefficient (Wildman–Crippen LogP) is 2.21. The van der Waals surface area contributed by atoms with Crippen LogP contribution in [-0.2, 0) is 23.8 Å². The molecular formula is C22H27N3O6S. The first kappa shape index (κ1) is 24.0. The number of amidine groups is 1. The molecule has 1 aromatic rings. The van der Waals surface area contributed by atoms with Gasteiger partial charge in [-0.05, 0) is 49.4 Å². The SMILES string of the molecule is CCOC(=O)c1ccc(N=C2SC(=CC(=O)OC)C(=O)N2CCCN2CCOCC2)cc1. The van der Waals surface area contributed by atoms with Crippen LogP contribution in [0.5, 0.6) is 0 Å². The molecule has 2 fully saturated rings. The highest BCUT2D eigenvalue weighted by Gasteiger charge is 2.34. The number of rotatable bonds is 8. The summed E-state index contributed by atoms with van der Waals surface area (Å²) in [4.78, 5) is 45.2. The van der Waals surface area contributed by atoms with E-state index in [1.165, 1.54) is 13.2 Å². The van der Waals surface area contributed by atoms with Crippen molar-refractivity contribution in [1.29, 1.82) is 0 Å². The Morgan fingerprint density at radius 1 is 1.19 bits per heavy atom. The lowest BCUT2D eigenvalue weighted by Gasteiger charge is -2.27. The number of amides is 1. The summed E-state index contributed by atoms with van der Waals surface area (Å²) in [5, 5.41) is 0.482. The lowest BCUT2D eigenvalue weighted by Crippen LogP contribution is -2.38. The number of morpholine rings is 1. The maximum atomic E-state index is 12.9. The van der Waals surface area contributed by atoms with E-state index in [1.807, 2.05) is 0 Å². The number of carbonyl (C=O) groups is 3. The summed E-state index contributed by atoms with van der Waals surface area (Å²) in [7, 11) is 1.27. The molecule has 0 saturated carbocycles. The van der Waals surface area contributed by atoms with E-state index in [4.69, 9.17) is 9.47 Å². The Labute approximate surface area is 191 Å². The number of benzene rings is 1. The molecule has 1 aromatic carbocycles. The van der Waals surface area contributed by atoms with Crippen LogP contribution in [0.1, 0.15) is 23.7 Å². The number of carbonyl (C=O) groups excluding carboxylic acids is 3. The second-order valence-electron chi connectivity index (χ2n) is 7.06. The molecule has 3 rings (SSSR count). The zero-order valence-corrected chi connectivity index (χ0v) is 19.1. The fourth-order valence-electron chi connectivity index (χ4n) is 3.23. The molecule has 2 heterocycles. The van der Waals surface area contributed by atoms with E-state index in [0.29, 0.717) is 29.6 Å². The molecule has 2 aliphatic heterocycles. The zero-order valence-electron chi connectivity index (χ0n) is 18.2. The van der Waals surface area contributed by atoms with Crippen LogP contribution in [0.3, 0.4) is 0 Å². The van der Waals surface area contributed by atoms with Crippen LogP contribution >= 0.6 is 11.8 Å². The molecular weight excluding hydrogens is 434 g/mol. The van der Waals surface area contributed by atoms with Crippen LogP contribution in [0.25, 0.3) is 0 Å². The summed E-state index contributed by atoms with van der Waals surface area (Å²) in [6.45, 7) is 6.57. The molecule has 0 unspecified atom stereocenters. The van der Waals surface area contributed by atoms with Gasteiger partial charge < -0.3 is 14.2 Å². The van der Waals surface area contributed by atoms with Gasteiger partial charge in [-0.15, -0.1) is 0 Å². The summed E-state index contributed by atoms with van der Waals surface area (Å²) < 4.78 is 15.0. The maximum Gasteiger partial charge on any atom is 0.338 e. The fraction of sp³-hybridized carbons (Fsp3) is 0.455. The van der Waals surface area contributed by atoms with Crippen LogP contribution in [0, 0.1) is 0 Å². The van der Waals surface area contributed by atoms with Gasteiger partial charge in [0.2, 0.25) is 0 Å². The first-order chi connectivity index (χ1) is 15.5. The summed E-state index contributed by atoms with van der Waals surface area (Å²) in [5.41, 5.74) is 1.02. The smallest absolute Gasteiger partial charge is 0.338 e. The van der Waals surface area contributed by atoms with E-state index >= 15 is 0 Å². The predicted molar refractivity (Wildman–Crippen MR) is 121 cm³/mol. The summed E-state index contributed by atoms with van der Waals surface area (Å²) in [6, 6.07) is 6.65. The Morgan fingerprint density at radius 3 is 2.56 bits per heavy atom. The van der Waals surface area contributed by atoms with Crippen LogP contribution in [0.4, 0.5) is 5.69 Å². The van der Waals surface area contributed by atoms with Gasteiger partial charge in [0, 0.05) is 32.3 Å². The maximum absolute atomic E-state index is 12.9. The van der Waals surface area contributed by atoms with E-state index in [9.17, 15) is 14.4 Å². The Morgan fingerprint density at radius 2 is 1.91 bits per heavy atom. The summed E-state index contributed by atoms with van der Waals surface area (Å²) >= 11 is 1.13. The second-order valence-corrected chi connectivity index (χ2v) is 8.07. The van der Waals surface area contributed by atoms with Crippen molar-refractivity contribution in [1.82, 2.24) is 9.80 Å². The quantitative estimate of drug-likeness (QED) is 0.429. The average Bonchev–Trinajstić information content (AvgIpc) is 3.09. The molecule has 0 aromatic heterocycles. The van der Waals surface area contributed by atoms with Crippen molar-refractivity contribution in [3.63, 3.8) is 0 Å². The van der Waals surface area contributed by atoms with Gasteiger partial charge in [-0.3, -0.25) is 14.6 Å². The molecule has 1 amide bonds. The van der Waals surface area contributed by atoms with Gasteiger partial charge >= 0.3 is 11.9 Å². The van der Waals surface area contributed by atoms with Crippen LogP contribution < -0.4 is 0 Å². The largest absolute Gasteiger partial charge is 0.466 e. The highest BCUT2D eigenvalue weighted by atomic mass is 32.2. The van der Waals surface area contributed by atoms with Crippen molar-refractivity contribution in [2.75, 3.05) is 53.1 Å². The average molecular weight is 462 g/mol. The van der Waals surface area contributed by atoms with Gasteiger partial charge in [-0.25, -0.2) is 14.6 Å². The number of ether oxygens (including phenoxy) is 3. The van der Waals surface area contributed by atoms with Gasteiger partial charge in [-0.2, -0.15) is 0 Å². The number of methoxy groups -OCH3 is 1. The van der Waals surface area contributed by atoms with Crippen molar-refractivity contribution >= 4 is 40.5 Å². The van der Waals surface area contributed by atoms with Crippen LogP contribution in [-0.4, -0.2) is 85.9 Å². The lowest BCUT2D eigenvalue weighted by atomic mass is 10.2. The normalized spacial score (nSPS) is 19.6. The molecule has 2 aliphatic rings. The van der Waals surface area contributed by atoms with Gasteiger partial charge in [-0.1, -0.05) is 0 Å². The van der Waals surface area contributed by atoms with E-state index < -0.39 is 11.9 Å². The van der Waals surface area contributed by atoms with Crippen molar-refractivity contribution in [3.05, 3.63) is 40.8 Å². The van der Waals surface area contributed by atoms with Gasteiger partial charge in [0.15, 0.2) is 5.17 Å². The monoisotopic (exact) mass is 461 g/mol. The van der Waals surface area contributed by atoms with Crippen LogP contribution in [0.2, 0.25) is 0 Å². The second kappa shape index (κ2) is 11.8. The Kier molecular flexibility index (Phi) is 8.83.